The van der Waals surface area contributed by atoms with Crippen LogP contribution in [0.2, 0.25) is 0 Å². The molecule has 1 saturated heterocycles. The number of rotatable bonds is 5. The predicted molar refractivity (Wildman–Crippen MR) is 109 cm³/mol. The normalized spacial score (nSPS) is 31.1. The van der Waals surface area contributed by atoms with Crippen molar-refractivity contribution in [2.75, 3.05) is 13.2 Å². The van der Waals surface area contributed by atoms with E-state index in [0.717, 1.165) is 44.6 Å². The summed E-state index contributed by atoms with van der Waals surface area (Å²) < 4.78 is 38.1. The number of morpholine rings is 1. The highest BCUT2D eigenvalue weighted by Crippen LogP contribution is 2.33. The van der Waals surface area contributed by atoms with Gasteiger partial charge in [-0.2, -0.15) is 0 Å². The Labute approximate surface area is 181 Å². The Hall–Kier alpha value is -2.22. The fraction of sp³-hybridized carbons (Fsp3) is 0.652. The lowest BCUT2D eigenvalue weighted by atomic mass is 9.81. The number of hydrogen-bond acceptors (Lipinski definition) is 4. The first-order chi connectivity index (χ1) is 14.9. The molecule has 0 radical (unpaired) electrons. The van der Waals surface area contributed by atoms with E-state index in [1.165, 1.54) is 12.1 Å². The lowest BCUT2D eigenvalue weighted by molar-refractivity contribution is -0.163. The standard InChI is InChI=1S/C23H30F2N2O4/c1-2-27-20-8-3-14(9-21(20)30-13-22(27)28)23(29)26-17-4-6-18(7-5-17)31-19-11-15(24)10-16(25)12-19/h10-12,14,17-18,20-21H,2-9,13H2,1H3,(H,26,29)/t14-,17?,18?,20-,21-/m0/s1. The number of benzene rings is 1. The van der Waals surface area contributed by atoms with E-state index in [1.807, 2.05) is 11.8 Å². The van der Waals surface area contributed by atoms with Crippen molar-refractivity contribution in [2.45, 2.75) is 76.2 Å². The maximum atomic E-state index is 13.3. The van der Waals surface area contributed by atoms with Gasteiger partial charge in [0.15, 0.2) is 0 Å². The number of likely N-dealkylation sites (N-methyl/N-ethyl adjacent to an activating group) is 1. The third kappa shape index (κ3) is 5.17. The molecule has 1 aliphatic heterocycles. The van der Waals surface area contributed by atoms with Crippen LogP contribution in [0.3, 0.4) is 0 Å². The number of halogens is 2. The number of hydrogen-bond donors (Lipinski definition) is 1. The Bertz CT molecular complexity index is 793. The first-order valence-electron chi connectivity index (χ1n) is 11.3. The van der Waals surface area contributed by atoms with Gasteiger partial charge in [0.05, 0.1) is 18.2 Å². The Morgan fingerprint density at radius 1 is 1.13 bits per heavy atom. The Morgan fingerprint density at radius 3 is 2.52 bits per heavy atom. The van der Waals surface area contributed by atoms with Crippen LogP contribution in [0.4, 0.5) is 8.78 Å². The zero-order valence-corrected chi connectivity index (χ0v) is 17.8. The maximum absolute atomic E-state index is 13.3. The first-order valence-corrected chi connectivity index (χ1v) is 11.3. The van der Waals surface area contributed by atoms with Crippen LogP contribution >= 0.6 is 0 Å². The number of amides is 2. The molecule has 1 aromatic carbocycles. The minimum absolute atomic E-state index is 0.0339. The van der Waals surface area contributed by atoms with E-state index in [-0.39, 0.29) is 54.4 Å². The van der Waals surface area contributed by atoms with E-state index in [2.05, 4.69) is 5.32 Å². The van der Waals surface area contributed by atoms with Crippen LogP contribution in [0.25, 0.3) is 0 Å². The molecule has 4 rings (SSSR count). The number of nitrogens with one attached hydrogen (secondary N) is 1. The summed E-state index contributed by atoms with van der Waals surface area (Å²) in [6.07, 6.45) is 4.96. The quantitative estimate of drug-likeness (QED) is 0.770. The molecule has 1 aromatic rings. The molecule has 170 valence electrons. The van der Waals surface area contributed by atoms with E-state index in [4.69, 9.17) is 9.47 Å². The summed E-state index contributed by atoms with van der Waals surface area (Å²) in [5.74, 6) is -1.12. The van der Waals surface area contributed by atoms with Gasteiger partial charge in [-0.05, 0) is 51.9 Å². The van der Waals surface area contributed by atoms with Crippen LogP contribution in [-0.4, -0.2) is 54.2 Å². The van der Waals surface area contributed by atoms with Crippen molar-refractivity contribution in [2.24, 2.45) is 5.92 Å². The topological polar surface area (TPSA) is 67.9 Å². The summed E-state index contributed by atoms with van der Waals surface area (Å²) >= 11 is 0. The van der Waals surface area contributed by atoms with Crippen LogP contribution in [-0.2, 0) is 14.3 Å². The molecule has 8 heteroatoms. The largest absolute Gasteiger partial charge is 0.490 e. The molecule has 1 N–H and O–H groups in total. The summed E-state index contributed by atoms with van der Waals surface area (Å²) in [5.41, 5.74) is 0. The predicted octanol–water partition coefficient (Wildman–Crippen LogP) is 3.19. The van der Waals surface area contributed by atoms with E-state index in [1.54, 1.807) is 0 Å². The van der Waals surface area contributed by atoms with Crippen molar-refractivity contribution in [3.8, 4) is 5.75 Å². The number of ether oxygens (including phenoxy) is 2. The van der Waals surface area contributed by atoms with Crippen LogP contribution in [0.1, 0.15) is 51.9 Å². The van der Waals surface area contributed by atoms with Gasteiger partial charge >= 0.3 is 0 Å². The average Bonchev–Trinajstić information content (AvgIpc) is 2.74. The lowest BCUT2D eigenvalue weighted by Crippen LogP contribution is -2.57. The van der Waals surface area contributed by atoms with Crippen molar-refractivity contribution >= 4 is 11.8 Å². The summed E-state index contributed by atoms with van der Waals surface area (Å²) in [4.78, 5) is 26.7. The van der Waals surface area contributed by atoms with Gasteiger partial charge in [0.25, 0.3) is 0 Å². The molecule has 0 bridgehead atoms. The molecule has 0 spiro atoms. The van der Waals surface area contributed by atoms with E-state index in [0.29, 0.717) is 13.0 Å². The third-order valence-electron chi connectivity index (χ3n) is 6.77. The van der Waals surface area contributed by atoms with Gasteiger partial charge in [0.1, 0.15) is 24.0 Å². The molecule has 3 fully saturated rings. The van der Waals surface area contributed by atoms with Crippen molar-refractivity contribution in [3.05, 3.63) is 29.8 Å². The Kier molecular flexibility index (Phi) is 6.74. The van der Waals surface area contributed by atoms with Crippen LogP contribution in [0.5, 0.6) is 5.75 Å². The van der Waals surface area contributed by atoms with Gasteiger partial charge < -0.3 is 19.7 Å². The van der Waals surface area contributed by atoms with Crippen molar-refractivity contribution in [1.29, 1.82) is 0 Å². The fourth-order valence-electron chi connectivity index (χ4n) is 5.18. The van der Waals surface area contributed by atoms with Gasteiger partial charge in [-0.3, -0.25) is 9.59 Å². The second-order valence-electron chi connectivity index (χ2n) is 8.81. The highest BCUT2D eigenvalue weighted by atomic mass is 19.1. The minimum Gasteiger partial charge on any atom is -0.490 e. The molecule has 3 aliphatic rings. The van der Waals surface area contributed by atoms with E-state index >= 15 is 0 Å². The molecule has 31 heavy (non-hydrogen) atoms. The molecule has 1 heterocycles. The number of carbonyl (C=O) groups is 2. The third-order valence-corrected chi connectivity index (χ3v) is 6.77. The first kappa shape index (κ1) is 22.0. The zero-order valence-electron chi connectivity index (χ0n) is 17.8. The monoisotopic (exact) mass is 436 g/mol. The van der Waals surface area contributed by atoms with Crippen molar-refractivity contribution < 1.29 is 27.8 Å². The molecular formula is C23H30F2N2O4. The van der Waals surface area contributed by atoms with Crippen LogP contribution in [0.15, 0.2) is 18.2 Å². The van der Waals surface area contributed by atoms with E-state index in [9.17, 15) is 18.4 Å². The summed E-state index contributed by atoms with van der Waals surface area (Å²) in [7, 11) is 0. The van der Waals surface area contributed by atoms with Crippen molar-refractivity contribution in [1.82, 2.24) is 10.2 Å². The second kappa shape index (κ2) is 9.51. The molecule has 6 nitrogen and oxygen atoms in total. The van der Waals surface area contributed by atoms with E-state index < -0.39 is 11.6 Å². The molecule has 2 saturated carbocycles. The van der Waals surface area contributed by atoms with Gasteiger partial charge in [-0.15, -0.1) is 0 Å². The highest BCUT2D eigenvalue weighted by molar-refractivity contribution is 5.80. The fourth-order valence-corrected chi connectivity index (χ4v) is 5.18. The Balaban J connectivity index is 1.24. The smallest absolute Gasteiger partial charge is 0.248 e. The van der Waals surface area contributed by atoms with Gasteiger partial charge in [-0.1, -0.05) is 0 Å². The molecule has 2 amide bonds. The second-order valence-corrected chi connectivity index (χ2v) is 8.81. The molecule has 3 atom stereocenters. The molecular weight excluding hydrogens is 406 g/mol. The summed E-state index contributed by atoms with van der Waals surface area (Å²) in [5, 5.41) is 3.17. The number of nitrogens with zero attached hydrogens (tertiary/aromatic N) is 1. The van der Waals surface area contributed by atoms with Gasteiger partial charge in [-0.25, -0.2) is 8.78 Å². The zero-order chi connectivity index (χ0) is 22.0. The maximum Gasteiger partial charge on any atom is 0.248 e. The number of fused-ring (bicyclic) bond motifs is 1. The molecule has 0 aromatic heterocycles. The molecule has 2 aliphatic carbocycles. The SMILES string of the molecule is CCN1C(=O)CO[C@H]2C[C@@H](C(=O)NC3CCC(Oc4cc(F)cc(F)c4)CC3)CC[C@@H]21. The molecule has 0 unspecified atom stereocenters. The van der Waals surface area contributed by atoms with Gasteiger partial charge in [0, 0.05) is 36.7 Å². The van der Waals surface area contributed by atoms with Gasteiger partial charge in [0.2, 0.25) is 11.8 Å². The lowest BCUT2D eigenvalue weighted by Gasteiger charge is -2.45. The van der Waals surface area contributed by atoms with Crippen LogP contribution < -0.4 is 10.1 Å². The van der Waals surface area contributed by atoms with Crippen molar-refractivity contribution in [3.63, 3.8) is 0 Å². The number of carbonyl (C=O) groups excluding carboxylic acids is 2. The average molecular weight is 436 g/mol. The summed E-state index contributed by atoms with van der Waals surface area (Å²) in [6.45, 7) is 2.75. The van der Waals surface area contributed by atoms with Crippen LogP contribution in [0, 0.1) is 17.6 Å². The highest BCUT2D eigenvalue weighted by Gasteiger charge is 2.42. The Morgan fingerprint density at radius 2 is 1.84 bits per heavy atom. The summed E-state index contributed by atoms with van der Waals surface area (Å²) in [6, 6.07) is 3.36. The minimum atomic E-state index is -0.654.